The zero-order chi connectivity index (χ0) is 34.4. The highest BCUT2D eigenvalue weighted by Crippen LogP contribution is 2.11. The van der Waals surface area contributed by atoms with Gasteiger partial charge in [-0.3, -0.25) is 25.0 Å². The molecule has 1 fully saturated rings. The van der Waals surface area contributed by atoms with Crippen molar-refractivity contribution in [3.8, 4) is 0 Å². The molecule has 0 aliphatic carbocycles. The van der Waals surface area contributed by atoms with Crippen molar-refractivity contribution < 1.29 is 24.6 Å². The van der Waals surface area contributed by atoms with Crippen molar-refractivity contribution in [2.24, 2.45) is 15.9 Å². The molecule has 6 N–H and O–H groups in total. The monoisotopic (exact) mass is 650 g/mol. The molecule has 0 bridgehead atoms. The SMILES string of the molecule is CC/C=C\C/C=C\C/C=C\C/C=C\C/C=C\C/C=C\CCC(=O)N[C@H](C(=O)NC1=NC(=O)C2N[C@@H]([C@@H](O)[C@H](C)O)CNC2=N1)C(C)C. The molecule has 11 heteroatoms. The number of allylic oxidation sites excluding steroid dienone is 12. The van der Waals surface area contributed by atoms with Gasteiger partial charge in [-0.1, -0.05) is 93.7 Å². The topological polar surface area (TPSA) is 165 Å². The Morgan fingerprint density at radius 3 is 1.89 bits per heavy atom. The number of fused-ring (bicyclic) bond motifs is 1. The highest BCUT2D eigenvalue weighted by Gasteiger charge is 2.38. The fraction of sp³-hybridized carbons (Fsp3) is 0.528. The van der Waals surface area contributed by atoms with Crippen molar-refractivity contribution in [2.75, 3.05) is 6.54 Å². The number of aliphatic hydroxyl groups excluding tert-OH is 2. The summed E-state index contributed by atoms with van der Waals surface area (Å²) in [6.07, 6.45) is 29.9. The molecule has 1 unspecified atom stereocenters. The summed E-state index contributed by atoms with van der Waals surface area (Å²) in [5, 5.41) is 31.0. The molecule has 0 aromatic rings. The fourth-order valence-electron chi connectivity index (χ4n) is 4.70. The summed E-state index contributed by atoms with van der Waals surface area (Å²) >= 11 is 0. The lowest BCUT2D eigenvalue weighted by Gasteiger charge is -2.36. The first-order valence-electron chi connectivity index (χ1n) is 16.7. The summed E-state index contributed by atoms with van der Waals surface area (Å²) in [4.78, 5) is 46.3. The lowest BCUT2D eigenvalue weighted by molar-refractivity contribution is -0.129. The number of hydrogen-bond acceptors (Lipinski definition) is 8. The number of guanidine groups is 1. The molecular weight excluding hydrogens is 596 g/mol. The number of amidine groups is 1. The molecule has 1 saturated heterocycles. The van der Waals surface area contributed by atoms with Crippen molar-refractivity contribution in [2.45, 2.75) is 109 Å². The van der Waals surface area contributed by atoms with E-state index >= 15 is 0 Å². The van der Waals surface area contributed by atoms with E-state index in [2.05, 4.69) is 98.9 Å². The van der Waals surface area contributed by atoms with Gasteiger partial charge >= 0.3 is 0 Å². The molecule has 47 heavy (non-hydrogen) atoms. The summed E-state index contributed by atoms with van der Waals surface area (Å²) < 4.78 is 0. The van der Waals surface area contributed by atoms with E-state index in [-0.39, 0.29) is 36.6 Å². The molecule has 2 aliphatic rings. The number of hydrogen-bond donors (Lipinski definition) is 6. The van der Waals surface area contributed by atoms with Crippen LogP contribution in [-0.2, 0) is 14.4 Å². The van der Waals surface area contributed by atoms with E-state index in [1.807, 2.05) is 26.0 Å². The van der Waals surface area contributed by atoms with Crippen LogP contribution >= 0.6 is 0 Å². The van der Waals surface area contributed by atoms with Gasteiger partial charge in [-0.2, -0.15) is 9.98 Å². The van der Waals surface area contributed by atoms with E-state index in [1.54, 1.807) is 0 Å². The zero-order valence-electron chi connectivity index (χ0n) is 28.3. The number of nitrogens with one attached hydrogen (secondary N) is 4. The second kappa shape index (κ2) is 22.6. The van der Waals surface area contributed by atoms with Gasteiger partial charge in [0, 0.05) is 13.0 Å². The van der Waals surface area contributed by atoms with Crippen LogP contribution in [0.3, 0.4) is 0 Å². The average molecular weight is 651 g/mol. The van der Waals surface area contributed by atoms with Crippen LogP contribution in [0.4, 0.5) is 0 Å². The Labute approximate surface area is 279 Å². The second-order valence-corrected chi connectivity index (χ2v) is 11.8. The van der Waals surface area contributed by atoms with E-state index in [0.29, 0.717) is 6.42 Å². The Bertz CT molecular complexity index is 1240. The Balaban J connectivity index is 1.67. The van der Waals surface area contributed by atoms with E-state index in [4.69, 9.17) is 0 Å². The third kappa shape index (κ3) is 15.5. The van der Waals surface area contributed by atoms with Gasteiger partial charge < -0.3 is 20.8 Å². The van der Waals surface area contributed by atoms with Crippen LogP contribution in [0.25, 0.3) is 0 Å². The number of aliphatic hydroxyl groups is 2. The summed E-state index contributed by atoms with van der Waals surface area (Å²) in [5.74, 6) is -1.51. The van der Waals surface area contributed by atoms with Crippen molar-refractivity contribution in [1.82, 2.24) is 21.3 Å². The maximum Gasteiger partial charge on any atom is 0.273 e. The molecule has 0 aromatic heterocycles. The molecule has 0 spiro atoms. The quantitative estimate of drug-likeness (QED) is 0.116. The number of nitrogens with zero attached hydrogens (tertiary/aromatic N) is 2. The van der Waals surface area contributed by atoms with Gasteiger partial charge in [0.15, 0.2) is 0 Å². The molecule has 0 aromatic carbocycles. The maximum absolute atomic E-state index is 13.0. The highest BCUT2D eigenvalue weighted by atomic mass is 16.3. The minimum atomic E-state index is -1.09. The van der Waals surface area contributed by atoms with E-state index in [0.717, 1.165) is 38.5 Å². The third-order valence-corrected chi connectivity index (χ3v) is 7.39. The van der Waals surface area contributed by atoms with Gasteiger partial charge in [-0.25, -0.2) is 0 Å². The second-order valence-electron chi connectivity index (χ2n) is 11.8. The van der Waals surface area contributed by atoms with Gasteiger partial charge in [0.05, 0.1) is 18.2 Å². The van der Waals surface area contributed by atoms with Crippen molar-refractivity contribution >= 4 is 29.5 Å². The molecule has 3 amide bonds. The largest absolute Gasteiger partial charge is 0.391 e. The number of rotatable bonds is 19. The van der Waals surface area contributed by atoms with Crippen molar-refractivity contribution in [3.63, 3.8) is 0 Å². The molecule has 0 radical (unpaired) electrons. The summed E-state index contributed by atoms with van der Waals surface area (Å²) in [5.41, 5.74) is 0. The van der Waals surface area contributed by atoms with Crippen LogP contribution in [0, 0.1) is 5.92 Å². The van der Waals surface area contributed by atoms with Crippen LogP contribution in [-0.4, -0.2) is 76.6 Å². The first-order chi connectivity index (χ1) is 22.6. The standard InChI is InChI=1S/C36H54N6O5/c1-5-6-7-8-9-10-11-12-13-14-15-16-17-18-19-20-21-22-23-24-29(44)39-30(26(2)3)34(46)41-36-40-33-31(35(47)42-36)38-28(25-37-33)32(45)27(4)43/h6-7,9-10,12-13,15-16,18-19,21-22,26-28,30-32,38,43,45H,5,8,11,14,17,20,23-25H2,1-4H3,(H,39,44)(H2,37,40,41,42,46,47)/b7-6-,10-9-,13-12-,16-15-,19-18-,22-21-/t27-,28+,30-,31?,32-/m0/s1. The van der Waals surface area contributed by atoms with Crippen molar-refractivity contribution in [1.29, 1.82) is 0 Å². The molecule has 2 heterocycles. The number of aliphatic imine (C=N–C) groups is 2. The van der Waals surface area contributed by atoms with Gasteiger partial charge in [0.25, 0.3) is 5.91 Å². The average Bonchev–Trinajstić information content (AvgIpc) is 3.04. The van der Waals surface area contributed by atoms with E-state index < -0.39 is 42.1 Å². The fourth-order valence-corrected chi connectivity index (χ4v) is 4.70. The zero-order valence-corrected chi connectivity index (χ0v) is 28.3. The number of carbonyl (C=O) groups is 3. The Hall–Kier alpha value is -3.93. The van der Waals surface area contributed by atoms with Crippen molar-refractivity contribution in [3.05, 3.63) is 72.9 Å². The van der Waals surface area contributed by atoms with Crippen LogP contribution in [0.15, 0.2) is 82.9 Å². The Morgan fingerprint density at radius 1 is 0.851 bits per heavy atom. The minimum Gasteiger partial charge on any atom is -0.391 e. The van der Waals surface area contributed by atoms with E-state index in [9.17, 15) is 24.6 Å². The summed E-state index contributed by atoms with van der Waals surface area (Å²) in [6.45, 7) is 7.44. The van der Waals surface area contributed by atoms with Gasteiger partial charge in [0.2, 0.25) is 17.8 Å². The molecule has 5 atom stereocenters. The number of piperazine rings is 1. The Morgan fingerprint density at radius 2 is 1.38 bits per heavy atom. The third-order valence-electron chi connectivity index (χ3n) is 7.39. The summed E-state index contributed by atoms with van der Waals surface area (Å²) in [6, 6.07) is -2.34. The van der Waals surface area contributed by atoms with E-state index in [1.165, 1.54) is 6.92 Å². The smallest absolute Gasteiger partial charge is 0.273 e. The van der Waals surface area contributed by atoms with Crippen LogP contribution in [0.2, 0.25) is 0 Å². The van der Waals surface area contributed by atoms with Gasteiger partial charge in [-0.05, 0) is 57.8 Å². The minimum absolute atomic E-state index is 0.173. The molecular formula is C36H54N6O5. The number of amides is 3. The van der Waals surface area contributed by atoms with Crippen LogP contribution in [0.5, 0.6) is 0 Å². The molecule has 0 saturated carbocycles. The van der Waals surface area contributed by atoms with Gasteiger partial charge in [-0.15, -0.1) is 0 Å². The lowest BCUT2D eigenvalue weighted by atomic mass is 10.0. The first kappa shape index (κ1) is 39.2. The highest BCUT2D eigenvalue weighted by molar-refractivity contribution is 6.20. The first-order valence-corrected chi connectivity index (χ1v) is 16.7. The molecule has 2 rings (SSSR count). The van der Waals surface area contributed by atoms with Crippen LogP contribution in [0.1, 0.15) is 79.1 Å². The number of carbonyl (C=O) groups excluding carboxylic acids is 3. The lowest BCUT2D eigenvalue weighted by Crippen LogP contribution is -2.66. The molecule has 258 valence electrons. The Kier molecular flexibility index (Phi) is 18.8. The summed E-state index contributed by atoms with van der Waals surface area (Å²) in [7, 11) is 0. The molecule has 2 aliphatic heterocycles. The van der Waals surface area contributed by atoms with Crippen LogP contribution < -0.4 is 21.3 Å². The normalized spacial score (nSPS) is 20.7. The predicted molar refractivity (Wildman–Crippen MR) is 189 cm³/mol. The molecule has 11 nitrogen and oxygen atoms in total. The maximum atomic E-state index is 13.0. The van der Waals surface area contributed by atoms with Gasteiger partial charge in [0.1, 0.15) is 17.9 Å². The predicted octanol–water partition coefficient (Wildman–Crippen LogP) is 3.69.